The van der Waals surface area contributed by atoms with Crippen LogP contribution in [0, 0.1) is 6.92 Å². The normalized spacial score (nSPS) is 10.5. The van der Waals surface area contributed by atoms with Crippen molar-refractivity contribution < 1.29 is 4.79 Å². The van der Waals surface area contributed by atoms with Gasteiger partial charge in [-0.1, -0.05) is 17.7 Å². The Balaban J connectivity index is 2.60. The van der Waals surface area contributed by atoms with Gasteiger partial charge in [0.1, 0.15) is 0 Å². The number of rotatable bonds is 2. The Kier molecular flexibility index (Phi) is 2.77. The minimum atomic E-state index is -0.570. The third kappa shape index (κ3) is 1.97. The number of hydrogen-bond acceptors (Lipinski definition) is 3. The maximum atomic E-state index is 11.2. The maximum absolute atomic E-state index is 11.2. The highest BCUT2D eigenvalue weighted by molar-refractivity contribution is 6.31. The fraction of sp³-hybridized carbons (Fsp3) is 0.0909. The van der Waals surface area contributed by atoms with Gasteiger partial charge >= 0.3 is 0 Å². The van der Waals surface area contributed by atoms with Crippen molar-refractivity contribution in [3.05, 3.63) is 40.7 Å². The van der Waals surface area contributed by atoms with Gasteiger partial charge in [-0.3, -0.25) is 4.79 Å². The molecule has 1 heterocycles. The topological polar surface area (TPSA) is 86.9 Å². The average Bonchev–Trinajstić information content (AvgIpc) is 2.59. The summed E-state index contributed by atoms with van der Waals surface area (Å²) < 4.78 is 1.53. The Hall–Kier alpha value is -2.01. The fourth-order valence-electron chi connectivity index (χ4n) is 1.53. The summed E-state index contributed by atoms with van der Waals surface area (Å²) in [4.78, 5) is 11.2. The lowest BCUT2D eigenvalue weighted by Gasteiger charge is -2.08. The van der Waals surface area contributed by atoms with Gasteiger partial charge in [-0.15, -0.1) is 0 Å². The first-order valence-corrected chi connectivity index (χ1v) is 5.29. The number of aryl methyl sites for hydroxylation is 1. The molecule has 0 unspecified atom stereocenters. The molecule has 2 rings (SSSR count). The van der Waals surface area contributed by atoms with E-state index in [1.807, 2.05) is 0 Å². The molecule has 5 nitrogen and oxygen atoms in total. The molecule has 0 aliphatic carbocycles. The van der Waals surface area contributed by atoms with Crippen molar-refractivity contribution in [2.75, 3.05) is 5.73 Å². The summed E-state index contributed by atoms with van der Waals surface area (Å²) >= 11 is 5.92. The van der Waals surface area contributed by atoms with Crippen molar-refractivity contribution in [3.8, 4) is 5.69 Å². The van der Waals surface area contributed by atoms with Crippen LogP contribution in [-0.2, 0) is 0 Å². The van der Waals surface area contributed by atoms with Gasteiger partial charge in [-0.25, -0.2) is 4.68 Å². The molecule has 6 heteroatoms. The number of anilines is 1. The molecule has 2 aromatic rings. The largest absolute Gasteiger partial charge is 0.396 e. The highest BCUT2D eigenvalue weighted by Gasteiger charge is 2.12. The third-order valence-electron chi connectivity index (χ3n) is 2.43. The quantitative estimate of drug-likeness (QED) is 0.792. The van der Waals surface area contributed by atoms with Gasteiger partial charge in [0.15, 0.2) is 0 Å². The lowest BCUT2D eigenvalue weighted by molar-refractivity contribution is 0.100. The van der Waals surface area contributed by atoms with E-state index in [9.17, 15) is 4.79 Å². The average molecular weight is 251 g/mol. The molecule has 0 radical (unpaired) electrons. The molecule has 0 saturated carbocycles. The van der Waals surface area contributed by atoms with Crippen LogP contribution in [0.5, 0.6) is 0 Å². The number of carbonyl (C=O) groups excluding carboxylic acids is 1. The van der Waals surface area contributed by atoms with Crippen molar-refractivity contribution in [1.29, 1.82) is 0 Å². The number of halogens is 1. The van der Waals surface area contributed by atoms with Gasteiger partial charge in [0.2, 0.25) is 0 Å². The van der Waals surface area contributed by atoms with Crippen molar-refractivity contribution in [1.82, 2.24) is 9.78 Å². The van der Waals surface area contributed by atoms with Crippen molar-refractivity contribution >= 4 is 23.2 Å². The second-order valence-corrected chi connectivity index (χ2v) is 4.02. The van der Waals surface area contributed by atoms with E-state index in [1.54, 1.807) is 31.3 Å². The number of carbonyl (C=O) groups is 1. The Labute approximate surface area is 103 Å². The van der Waals surface area contributed by atoms with Crippen LogP contribution >= 0.6 is 11.6 Å². The summed E-state index contributed by atoms with van der Waals surface area (Å²) in [6.45, 7) is 1.78. The molecule has 4 N–H and O–H groups in total. The molecule has 1 amide bonds. The van der Waals surface area contributed by atoms with Crippen LogP contribution in [0.3, 0.4) is 0 Å². The summed E-state index contributed by atoms with van der Waals surface area (Å²) in [7, 11) is 0. The predicted molar refractivity (Wildman–Crippen MR) is 66.2 cm³/mol. The molecule has 0 bridgehead atoms. The van der Waals surface area contributed by atoms with E-state index in [2.05, 4.69) is 5.10 Å². The molecule has 0 aliphatic rings. The predicted octanol–water partition coefficient (Wildman–Crippen LogP) is 1.52. The Bertz CT molecular complexity index is 572. The standard InChI is InChI=1S/C11H11ClN4O/c1-6-8(12)5-16(15-6)9-4-2-3-7(10(9)13)11(14)17/h2-5H,13H2,1H3,(H2,14,17). The van der Waals surface area contributed by atoms with Crippen LogP contribution in [0.15, 0.2) is 24.4 Å². The van der Waals surface area contributed by atoms with Crippen molar-refractivity contribution in [3.63, 3.8) is 0 Å². The van der Waals surface area contributed by atoms with Gasteiger partial charge in [-0.2, -0.15) is 5.10 Å². The van der Waals surface area contributed by atoms with E-state index in [4.69, 9.17) is 23.1 Å². The molecular formula is C11H11ClN4O. The van der Waals surface area contributed by atoms with E-state index in [1.165, 1.54) is 4.68 Å². The van der Waals surface area contributed by atoms with Crippen LogP contribution in [0.25, 0.3) is 5.69 Å². The van der Waals surface area contributed by atoms with E-state index in [0.717, 1.165) is 0 Å². The lowest BCUT2D eigenvalue weighted by Crippen LogP contribution is -2.15. The van der Waals surface area contributed by atoms with Gasteiger partial charge in [0.25, 0.3) is 5.91 Å². The van der Waals surface area contributed by atoms with E-state index < -0.39 is 5.91 Å². The van der Waals surface area contributed by atoms with Gasteiger partial charge < -0.3 is 11.5 Å². The first-order valence-electron chi connectivity index (χ1n) is 4.91. The van der Waals surface area contributed by atoms with Crippen LogP contribution in [0.1, 0.15) is 16.1 Å². The lowest BCUT2D eigenvalue weighted by atomic mass is 10.1. The van der Waals surface area contributed by atoms with Gasteiger partial charge in [0.05, 0.1) is 27.7 Å². The number of amides is 1. The SMILES string of the molecule is Cc1nn(-c2cccc(C(N)=O)c2N)cc1Cl. The summed E-state index contributed by atoms with van der Waals surface area (Å²) in [5.74, 6) is -0.570. The molecule has 1 aromatic carbocycles. The van der Waals surface area contributed by atoms with E-state index in [0.29, 0.717) is 22.1 Å². The molecule has 17 heavy (non-hydrogen) atoms. The zero-order chi connectivity index (χ0) is 12.6. The summed E-state index contributed by atoms with van der Waals surface area (Å²) in [6, 6.07) is 5.00. The number of primary amides is 1. The molecule has 1 aromatic heterocycles. The zero-order valence-corrected chi connectivity index (χ0v) is 9.90. The van der Waals surface area contributed by atoms with Gasteiger partial charge in [0, 0.05) is 6.20 Å². The Morgan fingerprint density at radius 1 is 1.47 bits per heavy atom. The highest BCUT2D eigenvalue weighted by Crippen LogP contribution is 2.23. The zero-order valence-electron chi connectivity index (χ0n) is 9.14. The monoisotopic (exact) mass is 250 g/mol. The number of para-hydroxylation sites is 1. The molecule has 0 atom stereocenters. The number of benzene rings is 1. The minimum absolute atomic E-state index is 0.270. The summed E-state index contributed by atoms with van der Waals surface area (Å²) in [6.07, 6.45) is 1.63. The molecule has 0 spiro atoms. The smallest absolute Gasteiger partial charge is 0.250 e. The van der Waals surface area contributed by atoms with E-state index >= 15 is 0 Å². The van der Waals surface area contributed by atoms with Crippen LogP contribution < -0.4 is 11.5 Å². The second-order valence-electron chi connectivity index (χ2n) is 3.61. The van der Waals surface area contributed by atoms with Crippen LogP contribution in [0.2, 0.25) is 5.02 Å². The molecule has 0 saturated heterocycles. The Morgan fingerprint density at radius 2 is 2.18 bits per heavy atom. The first kappa shape index (κ1) is 11.5. The molecule has 0 fully saturated rings. The molecule has 0 aliphatic heterocycles. The Morgan fingerprint density at radius 3 is 2.71 bits per heavy atom. The third-order valence-corrected chi connectivity index (χ3v) is 2.81. The van der Waals surface area contributed by atoms with Crippen molar-refractivity contribution in [2.24, 2.45) is 5.73 Å². The van der Waals surface area contributed by atoms with Crippen LogP contribution in [0.4, 0.5) is 5.69 Å². The number of nitrogens with zero attached hydrogens (tertiary/aromatic N) is 2. The number of aromatic nitrogens is 2. The highest BCUT2D eigenvalue weighted by atomic mass is 35.5. The number of nitrogens with two attached hydrogens (primary N) is 2. The van der Waals surface area contributed by atoms with Crippen LogP contribution in [-0.4, -0.2) is 15.7 Å². The fourth-order valence-corrected chi connectivity index (χ4v) is 1.66. The summed E-state index contributed by atoms with van der Waals surface area (Å²) in [5, 5.41) is 4.73. The van der Waals surface area contributed by atoms with Crippen molar-refractivity contribution in [2.45, 2.75) is 6.92 Å². The maximum Gasteiger partial charge on any atom is 0.250 e. The summed E-state index contributed by atoms with van der Waals surface area (Å²) in [5.41, 5.74) is 12.9. The second kappa shape index (κ2) is 4.10. The first-order chi connectivity index (χ1) is 8.00. The van der Waals surface area contributed by atoms with E-state index in [-0.39, 0.29) is 5.56 Å². The minimum Gasteiger partial charge on any atom is -0.396 e. The number of hydrogen-bond donors (Lipinski definition) is 2. The molecule has 88 valence electrons. The molecular weight excluding hydrogens is 240 g/mol. The number of nitrogen functional groups attached to an aromatic ring is 1. The van der Waals surface area contributed by atoms with Gasteiger partial charge in [-0.05, 0) is 19.1 Å².